The van der Waals surface area contributed by atoms with Gasteiger partial charge in [0.1, 0.15) is 0 Å². The van der Waals surface area contributed by atoms with Gasteiger partial charge in [-0.3, -0.25) is 0 Å². The van der Waals surface area contributed by atoms with Crippen molar-refractivity contribution in [2.24, 2.45) is 0 Å². The Hall–Kier alpha value is 0.190. The Labute approximate surface area is 115 Å². The number of ether oxygens (including phenoxy) is 4. The Morgan fingerprint density at radius 1 is 0.944 bits per heavy atom. The third kappa shape index (κ3) is 9.16. The molecule has 1 unspecified atom stereocenters. The first-order valence-electron chi connectivity index (χ1n) is 6.86. The van der Waals surface area contributed by atoms with E-state index in [0.29, 0.717) is 46.2 Å². The zero-order valence-electron chi connectivity index (χ0n) is 11.4. The predicted octanol–water partition coefficient (Wildman–Crippen LogP) is 1.97. The van der Waals surface area contributed by atoms with E-state index in [2.05, 4.69) is 6.92 Å². The second-order valence-corrected chi connectivity index (χ2v) is 5.37. The van der Waals surface area contributed by atoms with Crippen molar-refractivity contribution in [1.29, 1.82) is 0 Å². The lowest BCUT2D eigenvalue weighted by Crippen LogP contribution is -2.27. The summed E-state index contributed by atoms with van der Waals surface area (Å²) in [5.41, 5.74) is 0. The Morgan fingerprint density at radius 3 is 2.33 bits per heavy atom. The monoisotopic (exact) mass is 278 g/mol. The Morgan fingerprint density at radius 2 is 1.61 bits per heavy atom. The largest absolute Gasteiger partial charge is 0.377 e. The van der Waals surface area contributed by atoms with Crippen LogP contribution in [0.1, 0.15) is 19.8 Å². The number of unbranched alkanes of at least 4 members (excludes halogenated alkanes) is 1. The molecule has 5 heteroatoms. The van der Waals surface area contributed by atoms with E-state index in [9.17, 15) is 0 Å². The summed E-state index contributed by atoms with van der Waals surface area (Å²) in [4.78, 5) is 0. The van der Waals surface area contributed by atoms with E-state index in [1.807, 2.05) is 11.8 Å². The van der Waals surface area contributed by atoms with Gasteiger partial charge < -0.3 is 18.9 Å². The third-order valence-corrected chi connectivity index (χ3v) is 3.76. The summed E-state index contributed by atoms with van der Waals surface area (Å²) in [6.07, 6.45) is 2.70. The van der Waals surface area contributed by atoms with Crippen molar-refractivity contribution in [3.8, 4) is 0 Å². The summed E-state index contributed by atoms with van der Waals surface area (Å²) in [7, 11) is 0. The summed E-state index contributed by atoms with van der Waals surface area (Å²) in [6, 6.07) is 0. The fraction of sp³-hybridized carbons (Fsp3) is 1.00. The van der Waals surface area contributed by atoms with Crippen molar-refractivity contribution in [3.05, 3.63) is 0 Å². The zero-order chi connectivity index (χ0) is 12.9. The molecule has 1 heterocycles. The molecule has 0 spiro atoms. The fourth-order valence-electron chi connectivity index (χ4n) is 1.53. The van der Waals surface area contributed by atoms with E-state index in [0.717, 1.165) is 5.75 Å². The van der Waals surface area contributed by atoms with Crippen molar-refractivity contribution < 1.29 is 18.9 Å². The first-order valence-corrected chi connectivity index (χ1v) is 8.01. The maximum absolute atomic E-state index is 5.78. The summed E-state index contributed by atoms with van der Waals surface area (Å²) < 4.78 is 22.1. The molecule has 0 aromatic carbocycles. The van der Waals surface area contributed by atoms with E-state index >= 15 is 0 Å². The van der Waals surface area contributed by atoms with Crippen molar-refractivity contribution in [3.63, 3.8) is 0 Å². The minimum Gasteiger partial charge on any atom is -0.377 e. The highest BCUT2D eigenvalue weighted by Gasteiger charge is 2.10. The van der Waals surface area contributed by atoms with Crippen molar-refractivity contribution >= 4 is 11.8 Å². The molecule has 18 heavy (non-hydrogen) atoms. The van der Waals surface area contributed by atoms with E-state index in [-0.39, 0.29) is 6.10 Å². The van der Waals surface area contributed by atoms with Crippen molar-refractivity contribution in [2.45, 2.75) is 25.9 Å². The van der Waals surface area contributed by atoms with Gasteiger partial charge >= 0.3 is 0 Å². The first kappa shape index (κ1) is 16.2. The lowest BCUT2D eigenvalue weighted by Gasteiger charge is -2.19. The number of rotatable bonds is 5. The minimum absolute atomic E-state index is 0.176. The van der Waals surface area contributed by atoms with E-state index in [1.54, 1.807) is 0 Å². The number of thioether (sulfide) groups is 1. The Kier molecular flexibility index (Phi) is 11.0. The molecule has 108 valence electrons. The van der Waals surface area contributed by atoms with Gasteiger partial charge in [-0.05, 0) is 12.2 Å². The molecular weight excluding hydrogens is 252 g/mol. The molecule has 1 fully saturated rings. The van der Waals surface area contributed by atoms with Crippen LogP contribution in [0.4, 0.5) is 0 Å². The van der Waals surface area contributed by atoms with E-state index in [1.165, 1.54) is 18.6 Å². The van der Waals surface area contributed by atoms with Gasteiger partial charge in [0.15, 0.2) is 0 Å². The average Bonchev–Trinajstić information content (AvgIpc) is 2.37. The van der Waals surface area contributed by atoms with Gasteiger partial charge in [-0.15, -0.1) is 0 Å². The molecule has 0 saturated carbocycles. The van der Waals surface area contributed by atoms with Gasteiger partial charge in [0.05, 0.1) is 52.4 Å². The smallest absolute Gasteiger partial charge is 0.0899 e. The predicted molar refractivity (Wildman–Crippen MR) is 74.4 cm³/mol. The molecule has 1 atom stereocenters. The van der Waals surface area contributed by atoms with E-state index < -0.39 is 0 Å². The standard InChI is InChI=1S/C13H26O4S/c1-2-3-10-18-12-13-11-16-7-6-14-4-5-15-8-9-17-13/h13H,2-12H2,1H3. The first-order chi connectivity index (χ1) is 8.93. The highest BCUT2D eigenvalue weighted by molar-refractivity contribution is 7.99. The normalized spacial score (nSPS) is 24.2. The number of hydrogen-bond donors (Lipinski definition) is 0. The van der Waals surface area contributed by atoms with Crippen LogP contribution in [0.3, 0.4) is 0 Å². The quantitative estimate of drug-likeness (QED) is 0.719. The van der Waals surface area contributed by atoms with Gasteiger partial charge in [0.2, 0.25) is 0 Å². The number of hydrogen-bond acceptors (Lipinski definition) is 5. The molecular formula is C13H26O4S. The second-order valence-electron chi connectivity index (χ2n) is 4.22. The molecule has 4 nitrogen and oxygen atoms in total. The molecule has 0 amide bonds. The van der Waals surface area contributed by atoms with Crippen LogP contribution in [0, 0.1) is 0 Å². The molecule has 0 N–H and O–H groups in total. The topological polar surface area (TPSA) is 36.9 Å². The second kappa shape index (κ2) is 12.2. The van der Waals surface area contributed by atoms with E-state index in [4.69, 9.17) is 18.9 Å². The summed E-state index contributed by atoms with van der Waals surface area (Å²) >= 11 is 1.94. The van der Waals surface area contributed by atoms with Gasteiger partial charge in [-0.2, -0.15) is 11.8 Å². The van der Waals surface area contributed by atoms with Crippen LogP contribution in [0.5, 0.6) is 0 Å². The van der Waals surface area contributed by atoms with Crippen molar-refractivity contribution in [1.82, 2.24) is 0 Å². The molecule has 1 aliphatic rings. The third-order valence-electron chi connectivity index (χ3n) is 2.57. The molecule has 0 radical (unpaired) electrons. The zero-order valence-corrected chi connectivity index (χ0v) is 12.2. The van der Waals surface area contributed by atoms with Crippen LogP contribution in [-0.4, -0.2) is 63.9 Å². The van der Waals surface area contributed by atoms with Gasteiger partial charge in [-0.1, -0.05) is 13.3 Å². The van der Waals surface area contributed by atoms with Crippen LogP contribution >= 0.6 is 11.8 Å². The van der Waals surface area contributed by atoms with Crippen LogP contribution in [0.15, 0.2) is 0 Å². The maximum Gasteiger partial charge on any atom is 0.0899 e. The summed E-state index contributed by atoms with van der Waals surface area (Å²) in [6.45, 7) is 6.70. The summed E-state index contributed by atoms with van der Waals surface area (Å²) in [5, 5.41) is 0. The lowest BCUT2D eigenvalue weighted by atomic mass is 10.4. The molecule has 0 aromatic heterocycles. The highest BCUT2D eigenvalue weighted by Crippen LogP contribution is 2.09. The van der Waals surface area contributed by atoms with Crippen LogP contribution in [0.2, 0.25) is 0 Å². The average molecular weight is 278 g/mol. The maximum atomic E-state index is 5.78. The van der Waals surface area contributed by atoms with Crippen LogP contribution in [0.25, 0.3) is 0 Å². The summed E-state index contributed by atoms with van der Waals surface area (Å²) in [5.74, 6) is 2.21. The SMILES string of the molecule is CCCCSCC1COCCOCCOCCO1. The highest BCUT2D eigenvalue weighted by atomic mass is 32.2. The molecule has 1 saturated heterocycles. The molecule has 0 bridgehead atoms. The van der Waals surface area contributed by atoms with Crippen molar-refractivity contribution in [2.75, 3.05) is 57.8 Å². The fourth-order valence-corrected chi connectivity index (χ4v) is 2.65. The van der Waals surface area contributed by atoms with Gasteiger partial charge in [0.25, 0.3) is 0 Å². The molecule has 1 aliphatic heterocycles. The molecule has 0 aromatic rings. The molecule has 0 aliphatic carbocycles. The lowest BCUT2D eigenvalue weighted by molar-refractivity contribution is -0.0593. The minimum atomic E-state index is 0.176. The Bertz CT molecular complexity index is 166. The van der Waals surface area contributed by atoms with Crippen LogP contribution < -0.4 is 0 Å². The van der Waals surface area contributed by atoms with Gasteiger partial charge in [-0.25, -0.2) is 0 Å². The Balaban J connectivity index is 2.14. The molecule has 1 rings (SSSR count). The van der Waals surface area contributed by atoms with Crippen LogP contribution in [-0.2, 0) is 18.9 Å². The van der Waals surface area contributed by atoms with Gasteiger partial charge in [0, 0.05) is 5.75 Å².